The molecule has 0 bridgehead atoms. The molecule has 0 fully saturated rings. The van der Waals surface area contributed by atoms with Crippen LogP contribution in [-0.2, 0) is 23.0 Å². The molecule has 0 amide bonds. The van der Waals surface area contributed by atoms with Crippen molar-refractivity contribution in [3.8, 4) is 0 Å². The molecule has 0 radical (unpaired) electrons. The number of benzene rings is 2. The quantitative estimate of drug-likeness (QED) is 0.509. The molecule has 3 nitrogen and oxygen atoms in total. The predicted molar refractivity (Wildman–Crippen MR) is 75.2 cm³/mol. The molecule has 102 valence electrons. The lowest BCUT2D eigenvalue weighted by Crippen LogP contribution is -1.95. The van der Waals surface area contributed by atoms with Crippen molar-refractivity contribution in [1.29, 1.82) is 0 Å². The summed E-state index contributed by atoms with van der Waals surface area (Å²) in [5.74, 6) is 0. The smallest absolute Gasteiger partial charge is 0.107 e. The van der Waals surface area contributed by atoms with Crippen LogP contribution in [0, 0.1) is 0 Å². The van der Waals surface area contributed by atoms with Gasteiger partial charge in [0.15, 0.2) is 0 Å². The summed E-state index contributed by atoms with van der Waals surface area (Å²) < 4.78 is 0. The summed E-state index contributed by atoms with van der Waals surface area (Å²) in [6.45, 7) is 2.89. The third-order valence-corrected chi connectivity index (χ3v) is 2.22. The molecule has 1 N–H and O–H groups in total. The van der Waals surface area contributed by atoms with Crippen molar-refractivity contribution in [3.63, 3.8) is 0 Å². The standard InChI is InChI=1S/C14H14O2.C2H6O/c1-3-7-13(8-4-1)11-15-16-12-14-9-5-2-6-10-14;1-2-3/h1-10H,11-12H2;3H,2H2,1H3. The average Bonchev–Trinajstić information content (AvgIpc) is 2.47. The Morgan fingerprint density at radius 2 is 1.05 bits per heavy atom. The van der Waals surface area contributed by atoms with Crippen LogP contribution in [0.1, 0.15) is 18.1 Å². The van der Waals surface area contributed by atoms with E-state index < -0.39 is 0 Å². The van der Waals surface area contributed by atoms with Gasteiger partial charge in [-0.1, -0.05) is 60.7 Å². The second-order valence-corrected chi connectivity index (χ2v) is 3.81. The van der Waals surface area contributed by atoms with Crippen molar-refractivity contribution in [2.45, 2.75) is 20.1 Å². The Hall–Kier alpha value is -1.68. The zero-order valence-corrected chi connectivity index (χ0v) is 11.2. The van der Waals surface area contributed by atoms with Gasteiger partial charge in [0.2, 0.25) is 0 Å². The first-order valence-corrected chi connectivity index (χ1v) is 6.30. The van der Waals surface area contributed by atoms with Crippen LogP contribution in [0.3, 0.4) is 0 Å². The zero-order valence-electron chi connectivity index (χ0n) is 11.2. The fraction of sp³-hybridized carbons (Fsp3) is 0.250. The third kappa shape index (κ3) is 7.36. The highest BCUT2D eigenvalue weighted by Crippen LogP contribution is 2.04. The molecule has 19 heavy (non-hydrogen) atoms. The lowest BCUT2D eigenvalue weighted by molar-refractivity contribution is -0.313. The Bertz CT molecular complexity index is 373. The molecule has 0 saturated carbocycles. The SMILES string of the molecule is CCO.c1ccc(COOCc2ccccc2)cc1. The van der Waals surface area contributed by atoms with Crippen molar-refractivity contribution >= 4 is 0 Å². The van der Waals surface area contributed by atoms with Gasteiger partial charge in [-0.3, -0.25) is 0 Å². The van der Waals surface area contributed by atoms with Crippen molar-refractivity contribution in [2.75, 3.05) is 6.61 Å². The van der Waals surface area contributed by atoms with Crippen LogP contribution in [0.15, 0.2) is 60.7 Å². The molecule has 2 aromatic rings. The van der Waals surface area contributed by atoms with Crippen molar-refractivity contribution in [1.82, 2.24) is 0 Å². The normalized spacial score (nSPS) is 9.58. The van der Waals surface area contributed by atoms with Gasteiger partial charge in [-0.25, -0.2) is 9.78 Å². The number of aliphatic hydroxyl groups is 1. The molecule has 0 heterocycles. The Labute approximate surface area is 114 Å². The minimum atomic E-state index is 0.250. The third-order valence-electron chi connectivity index (χ3n) is 2.22. The van der Waals surface area contributed by atoms with E-state index in [1.54, 1.807) is 6.92 Å². The topological polar surface area (TPSA) is 38.7 Å². The van der Waals surface area contributed by atoms with E-state index in [1.807, 2.05) is 60.7 Å². The van der Waals surface area contributed by atoms with E-state index in [1.165, 1.54) is 0 Å². The number of aliphatic hydroxyl groups excluding tert-OH is 1. The summed E-state index contributed by atoms with van der Waals surface area (Å²) in [4.78, 5) is 10.2. The number of hydrogen-bond acceptors (Lipinski definition) is 3. The fourth-order valence-electron chi connectivity index (χ4n) is 1.37. The van der Waals surface area contributed by atoms with E-state index in [4.69, 9.17) is 14.9 Å². The Morgan fingerprint density at radius 1 is 0.737 bits per heavy atom. The average molecular weight is 260 g/mol. The monoisotopic (exact) mass is 260 g/mol. The maximum atomic E-state index is 7.57. The van der Waals surface area contributed by atoms with Crippen molar-refractivity contribution in [3.05, 3.63) is 71.8 Å². The van der Waals surface area contributed by atoms with E-state index in [-0.39, 0.29) is 6.61 Å². The predicted octanol–water partition coefficient (Wildman–Crippen LogP) is 3.33. The van der Waals surface area contributed by atoms with Crippen LogP contribution in [-0.4, -0.2) is 11.7 Å². The van der Waals surface area contributed by atoms with Gasteiger partial charge in [-0.05, 0) is 18.1 Å². The van der Waals surface area contributed by atoms with Gasteiger partial charge < -0.3 is 5.11 Å². The van der Waals surface area contributed by atoms with E-state index in [0.29, 0.717) is 13.2 Å². The summed E-state index contributed by atoms with van der Waals surface area (Å²) in [6, 6.07) is 19.9. The molecular weight excluding hydrogens is 240 g/mol. The van der Waals surface area contributed by atoms with Crippen LogP contribution in [0.5, 0.6) is 0 Å². The van der Waals surface area contributed by atoms with E-state index >= 15 is 0 Å². The highest BCUT2D eigenvalue weighted by atomic mass is 17.2. The Morgan fingerprint density at radius 3 is 1.37 bits per heavy atom. The molecule has 0 aromatic heterocycles. The van der Waals surface area contributed by atoms with Gasteiger partial charge in [-0.15, -0.1) is 0 Å². The first-order chi connectivity index (χ1) is 9.36. The minimum Gasteiger partial charge on any atom is -0.397 e. The molecule has 2 rings (SSSR count). The molecule has 2 aromatic carbocycles. The summed E-state index contributed by atoms with van der Waals surface area (Å²) in [5, 5.41) is 7.57. The molecule has 0 aliphatic heterocycles. The Balaban J connectivity index is 0.000000550. The molecule has 3 heteroatoms. The van der Waals surface area contributed by atoms with Crippen LogP contribution in [0.4, 0.5) is 0 Å². The largest absolute Gasteiger partial charge is 0.397 e. The maximum Gasteiger partial charge on any atom is 0.107 e. The summed E-state index contributed by atoms with van der Waals surface area (Å²) in [7, 11) is 0. The number of hydrogen-bond donors (Lipinski definition) is 1. The molecule has 0 saturated heterocycles. The molecule has 0 aliphatic rings. The van der Waals surface area contributed by atoms with E-state index in [0.717, 1.165) is 11.1 Å². The second-order valence-electron chi connectivity index (χ2n) is 3.81. The van der Waals surface area contributed by atoms with Crippen LogP contribution in [0.2, 0.25) is 0 Å². The van der Waals surface area contributed by atoms with Crippen molar-refractivity contribution in [2.24, 2.45) is 0 Å². The Kier molecular flexibility index (Phi) is 8.31. The van der Waals surface area contributed by atoms with Crippen molar-refractivity contribution < 1.29 is 14.9 Å². The summed E-state index contributed by atoms with van der Waals surface area (Å²) in [5.41, 5.74) is 2.21. The summed E-state index contributed by atoms with van der Waals surface area (Å²) in [6.07, 6.45) is 0. The molecular formula is C16H20O3. The molecule has 0 unspecified atom stereocenters. The van der Waals surface area contributed by atoms with Gasteiger partial charge in [0.05, 0.1) is 0 Å². The van der Waals surface area contributed by atoms with Gasteiger partial charge in [0, 0.05) is 6.61 Å². The van der Waals surface area contributed by atoms with Gasteiger partial charge in [0.25, 0.3) is 0 Å². The van der Waals surface area contributed by atoms with Gasteiger partial charge in [-0.2, -0.15) is 0 Å². The lowest BCUT2D eigenvalue weighted by Gasteiger charge is -2.04. The van der Waals surface area contributed by atoms with Gasteiger partial charge in [0.1, 0.15) is 13.2 Å². The maximum absolute atomic E-state index is 7.57. The zero-order chi connectivity index (χ0) is 13.8. The van der Waals surface area contributed by atoms with Crippen LogP contribution in [0.25, 0.3) is 0 Å². The molecule has 0 aliphatic carbocycles. The highest BCUT2D eigenvalue weighted by molar-refractivity contribution is 5.14. The number of rotatable bonds is 5. The minimum absolute atomic E-state index is 0.250. The molecule has 0 atom stereocenters. The highest BCUT2D eigenvalue weighted by Gasteiger charge is 1.94. The summed E-state index contributed by atoms with van der Waals surface area (Å²) >= 11 is 0. The first-order valence-electron chi connectivity index (χ1n) is 6.30. The molecule has 0 spiro atoms. The van der Waals surface area contributed by atoms with Crippen LogP contribution >= 0.6 is 0 Å². The lowest BCUT2D eigenvalue weighted by atomic mass is 10.2. The second kappa shape index (κ2) is 10.3. The fourth-order valence-corrected chi connectivity index (χ4v) is 1.37. The van der Waals surface area contributed by atoms with Gasteiger partial charge >= 0.3 is 0 Å². The first kappa shape index (κ1) is 15.4. The van der Waals surface area contributed by atoms with Crippen LogP contribution < -0.4 is 0 Å². The van der Waals surface area contributed by atoms with E-state index in [9.17, 15) is 0 Å². The van der Waals surface area contributed by atoms with E-state index in [2.05, 4.69) is 0 Å².